The van der Waals surface area contributed by atoms with Crippen molar-refractivity contribution in [2.75, 3.05) is 279 Å². The highest BCUT2D eigenvalue weighted by atomic mass is 16.6. The summed E-state index contributed by atoms with van der Waals surface area (Å²) in [6.07, 6.45) is 1.31. The van der Waals surface area contributed by atoms with E-state index in [9.17, 15) is 48.3 Å². The molecule has 8 N–H and O–H groups in total. The molecule has 0 aliphatic rings. The summed E-state index contributed by atoms with van der Waals surface area (Å²) in [5.41, 5.74) is 0. The summed E-state index contributed by atoms with van der Waals surface area (Å²) >= 11 is 0. The molecule has 8 amide bonds. The molecule has 0 radical (unpaired) electrons. The van der Waals surface area contributed by atoms with Gasteiger partial charge in [-0.25, -0.2) is 0 Å². The van der Waals surface area contributed by atoms with Crippen molar-refractivity contribution in [1.82, 2.24) is 47.0 Å². The van der Waals surface area contributed by atoms with Crippen LogP contribution in [0.15, 0.2) is 0 Å². The monoisotopic (exact) mass is 1450 g/mol. The third-order valence-electron chi connectivity index (χ3n) is 14.0. The van der Waals surface area contributed by atoms with Crippen LogP contribution in [0, 0.1) is 0 Å². The van der Waals surface area contributed by atoms with E-state index in [-0.39, 0.29) is 174 Å². The highest BCUT2D eigenvalue weighted by molar-refractivity contribution is 5.91. The topological polar surface area (TPSA) is 412 Å². The van der Waals surface area contributed by atoms with Crippen LogP contribution >= 0.6 is 0 Å². The van der Waals surface area contributed by atoms with E-state index in [2.05, 4.69) is 37.2 Å². The second-order valence-corrected chi connectivity index (χ2v) is 22.0. The van der Waals surface area contributed by atoms with Gasteiger partial charge in [0.2, 0.25) is 47.3 Å². The molecular weight excluding hydrogens is 1320 g/mol. The number of ether oxygens (including phenoxy) is 16. The number of likely N-dealkylation sites (N-methyl/N-ethyl adjacent to an activating group) is 1. The lowest BCUT2D eigenvalue weighted by Crippen LogP contribution is -2.52. The number of nitrogens with one attached hydrogen (secondary N) is 7. The number of hydrogen-bond donors (Lipinski definition) is 8. The van der Waals surface area contributed by atoms with Gasteiger partial charge in [0.05, 0.1) is 198 Å². The van der Waals surface area contributed by atoms with Gasteiger partial charge in [0.25, 0.3) is 0 Å². The first-order valence-electron chi connectivity index (χ1n) is 34.7. The molecule has 0 aliphatic carbocycles. The molecule has 0 rings (SSSR count). The number of carboxylic acid groups (broad SMARTS) is 1. The van der Waals surface area contributed by atoms with Gasteiger partial charge < -0.3 is 128 Å². The smallest absolute Gasteiger partial charge is 0.320 e. The predicted molar refractivity (Wildman–Crippen MR) is 363 cm³/mol. The quantitative estimate of drug-likeness (QED) is 0.0301. The number of amides is 8. The molecule has 0 aromatic heterocycles. The summed E-state index contributed by atoms with van der Waals surface area (Å²) < 4.78 is 86.1. The molecule has 584 valence electrons. The maximum atomic E-state index is 14.8. The van der Waals surface area contributed by atoms with E-state index in [1.807, 2.05) is 0 Å². The van der Waals surface area contributed by atoms with Crippen LogP contribution in [-0.4, -0.2) is 360 Å². The van der Waals surface area contributed by atoms with E-state index >= 15 is 0 Å². The summed E-state index contributed by atoms with van der Waals surface area (Å²) in [5.74, 6) is -4.89. The molecule has 35 nitrogen and oxygen atoms in total. The zero-order valence-corrected chi connectivity index (χ0v) is 60.4. The van der Waals surface area contributed by atoms with Crippen molar-refractivity contribution in [3.8, 4) is 0 Å². The van der Waals surface area contributed by atoms with Crippen molar-refractivity contribution >= 4 is 53.2 Å². The lowest BCUT2D eigenvalue weighted by Gasteiger charge is -2.28. The summed E-state index contributed by atoms with van der Waals surface area (Å²) in [5, 5.41) is 28.6. The summed E-state index contributed by atoms with van der Waals surface area (Å²) in [6, 6.07) is -2.12. The molecular formula is C65H123N9O26. The Morgan fingerprint density at radius 3 is 1.00 bits per heavy atom. The number of aliphatic carboxylic acids is 1. The number of unbranched alkanes of at least 4 members (excludes halogenated alkanes) is 1. The molecule has 0 bridgehead atoms. The first-order valence-corrected chi connectivity index (χ1v) is 34.7. The van der Waals surface area contributed by atoms with Crippen molar-refractivity contribution in [3.05, 3.63) is 0 Å². The Hall–Kier alpha value is -5.45. The lowest BCUT2D eigenvalue weighted by molar-refractivity contribution is -0.141. The molecule has 0 aromatic rings. The Morgan fingerprint density at radius 2 is 0.620 bits per heavy atom. The van der Waals surface area contributed by atoms with Gasteiger partial charge in [-0.1, -0.05) is 0 Å². The highest BCUT2D eigenvalue weighted by Crippen LogP contribution is 2.10. The van der Waals surface area contributed by atoms with Crippen LogP contribution in [0.5, 0.6) is 0 Å². The first-order chi connectivity index (χ1) is 48.7. The zero-order chi connectivity index (χ0) is 73.4. The minimum Gasteiger partial charge on any atom is -0.480 e. The van der Waals surface area contributed by atoms with E-state index in [4.69, 9.17) is 75.8 Å². The molecule has 0 saturated heterocycles. The number of carboxylic acids is 1. The molecule has 0 heterocycles. The SMILES string of the molecule is CN[C@@H](CCCCNC(=O)CCCC(=O)N[C@@H](CCC(=O)N(CCOCCOCCOCCOC)CC(=O)NCCCC(=O)NCCOCCOCCOCCOC)C(=O)N(CCOCCOCCOCCOC)CC(=O)NCCCC(=O)NCCOCCOCCOCCOC)C(=O)O. The average Bonchev–Trinajstić information content (AvgIpc) is 0.892. The molecule has 0 aliphatic heterocycles. The standard InChI is InChI=1S/C65H123N9O26/c1-66-56(65(83)84)11-6-7-18-67-57(75)12-8-13-60(78)72-55(64(82)74(24-28-92-40-44-100-52-48-96-36-32-88-5)54-62(80)69-20-10-15-59(77)71-22-26-90-38-42-98-50-46-94-34-30-86-3)16-17-63(81)73(23-27-91-39-43-99-51-47-95-35-31-87-4)53-61(79)68-19-9-14-58(76)70-21-25-89-37-41-97-49-45-93-33-29-85-2/h55-56,66H,6-54H2,1-5H3,(H,67,75)(H,68,79)(H,69,80)(H,70,76)(H,71,77)(H,72,78)(H,83,84)/t55-,56-/m0/s1. The molecule has 2 atom stereocenters. The van der Waals surface area contributed by atoms with Gasteiger partial charge in [0, 0.05) is 106 Å². The van der Waals surface area contributed by atoms with E-state index in [1.165, 1.54) is 9.80 Å². The van der Waals surface area contributed by atoms with E-state index < -0.39 is 60.7 Å². The molecule has 100 heavy (non-hydrogen) atoms. The minimum absolute atomic E-state index is 0.0118. The van der Waals surface area contributed by atoms with Crippen molar-refractivity contribution < 1.29 is 124 Å². The van der Waals surface area contributed by atoms with Crippen molar-refractivity contribution in [1.29, 1.82) is 0 Å². The van der Waals surface area contributed by atoms with Crippen molar-refractivity contribution in [2.45, 2.75) is 89.1 Å². The number of hydrogen-bond acceptors (Lipinski definition) is 26. The van der Waals surface area contributed by atoms with Crippen LogP contribution in [0.3, 0.4) is 0 Å². The van der Waals surface area contributed by atoms with Crippen LogP contribution in [0.1, 0.15) is 77.0 Å². The second kappa shape index (κ2) is 71.9. The molecule has 0 fully saturated rings. The molecule has 0 aromatic carbocycles. The third kappa shape index (κ3) is 62.3. The molecule has 35 heteroatoms. The fourth-order valence-electron chi connectivity index (χ4n) is 8.52. The normalized spacial score (nSPS) is 11.8. The number of rotatable bonds is 76. The Bertz CT molecular complexity index is 2050. The van der Waals surface area contributed by atoms with Crippen molar-refractivity contribution in [3.63, 3.8) is 0 Å². The van der Waals surface area contributed by atoms with Gasteiger partial charge in [-0.15, -0.1) is 0 Å². The molecule has 0 spiro atoms. The van der Waals surface area contributed by atoms with Gasteiger partial charge in [0.15, 0.2) is 0 Å². The van der Waals surface area contributed by atoms with Gasteiger partial charge in [-0.3, -0.25) is 43.2 Å². The minimum atomic E-state index is -1.41. The molecule has 0 saturated carbocycles. The maximum Gasteiger partial charge on any atom is 0.320 e. The zero-order valence-electron chi connectivity index (χ0n) is 60.4. The van der Waals surface area contributed by atoms with Crippen LogP contribution in [0.25, 0.3) is 0 Å². The van der Waals surface area contributed by atoms with Crippen molar-refractivity contribution in [2.24, 2.45) is 0 Å². The summed E-state index contributed by atoms with van der Waals surface area (Å²) in [7, 11) is 7.89. The van der Waals surface area contributed by atoms with Crippen LogP contribution in [0.2, 0.25) is 0 Å². The third-order valence-corrected chi connectivity index (χ3v) is 14.0. The van der Waals surface area contributed by atoms with Gasteiger partial charge in [0.1, 0.15) is 12.1 Å². The Balaban J connectivity index is 6.25. The maximum absolute atomic E-state index is 14.8. The Morgan fingerprint density at radius 1 is 0.310 bits per heavy atom. The first kappa shape index (κ1) is 94.6. The Kier molecular flexibility index (Phi) is 68.0. The number of nitrogens with zero attached hydrogens (tertiary/aromatic N) is 2. The summed E-state index contributed by atoms with van der Waals surface area (Å²) in [6.45, 7) is 8.97. The van der Waals surface area contributed by atoms with Crippen LogP contribution in [0.4, 0.5) is 0 Å². The fourth-order valence-corrected chi connectivity index (χ4v) is 8.52. The Labute approximate surface area is 591 Å². The van der Waals surface area contributed by atoms with Gasteiger partial charge in [-0.05, 0) is 52.0 Å². The predicted octanol–water partition coefficient (Wildman–Crippen LogP) is -2.15. The number of carbonyl (C=O) groups is 9. The average molecular weight is 1450 g/mol. The van der Waals surface area contributed by atoms with Gasteiger partial charge in [-0.2, -0.15) is 0 Å². The highest BCUT2D eigenvalue weighted by Gasteiger charge is 2.30. The van der Waals surface area contributed by atoms with E-state index in [0.29, 0.717) is 151 Å². The van der Waals surface area contributed by atoms with Gasteiger partial charge >= 0.3 is 5.97 Å². The number of carbonyl (C=O) groups excluding carboxylic acids is 8. The van der Waals surface area contributed by atoms with Crippen LogP contribution < -0.4 is 37.2 Å². The largest absolute Gasteiger partial charge is 0.480 e. The second-order valence-electron chi connectivity index (χ2n) is 22.0. The van der Waals surface area contributed by atoms with E-state index in [1.54, 1.807) is 35.5 Å². The fraction of sp³-hybridized carbons (Fsp3) is 0.862. The molecule has 0 unspecified atom stereocenters. The number of methoxy groups -OCH3 is 4. The summed E-state index contributed by atoms with van der Waals surface area (Å²) in [4.78, 5) is 122. The van der Waals surface area contributed by atoms with Crippen LogP contribution in [-0.2, 0) is 119 Å². The van der Waals surface area contributed by atoms with E-state index in [0.717, 1.165) is 0 Å². The lowest BCUT2D eigenvalue weighted by atomic mass is 10.1.